The van der Waals surface area contributed by atoms with Gasteiger partial charge in [0.2, 0.25) is 0 Å². The molecule has 1 aliphatic carbocycles. The first-order chi connectivity index (χ1) is 15.4. The van der Waals surface area contributed by atoms with Crippen LogP contribution in [0.1, 0.15) is 63.0 Å². The number of ether oxygens (including phenoxy) is 1. The molecule has 3 rings (SSSR count). The van der Waals surface area contributed by atoms with E-state index in [4.69, 9.17) is 4.74 Å². The first-order valence-electron chi connectivity index (χ1n) is 10.7. The highest BCUT2D eigenvalue weighted by Gasteiger charge is 2.39. The molecule has 2 aromatic rings. The molecule has 2 aromatic carbocycles. The van der Waals surface area contributed by atoms with Gasteiger partial charge in [-0.05, 0) is 71.9 Å². The van der Waals surface area contributed by atoms with Crippen molar-refractivity contribution in [3.8, 4) is 5.75 Å². The Morgan fingerprint density at radius 3 is 2.39 bits per heavy atom. The topological polar surface area (TPSA) is 134 Å². The molecule has 0 saturated carbocycles. The van der Waals surface area contributed by atoms with Gasteiger partial charge in [-0.15, -0.1) is 5.11 Å². The molecule has 0 bridgehead atoms. The highest BCUT2D eigenvalue weighted by Crippen LogP contribution is 2.54. The van der Waals surface area contributed by atoms with E-state index in [0.717, 1.165) is 17.5 Å². The fourth-order valence-electron chi connectivity index (χ4n) is 4.80. The Morgan fingerprint density at radius 1 is 1.15 bits per heavy atom. The second-order valence-electron chi connectivity index (χ2n) is 9.18. The van der Waals surface area contributed by atoms with E-state index in [2.05, 4.69) is 31.0 Å². The fourth-order valence-corrected chi connectivity index (χ4v) is 5.32. The number of hydrogen-bond acceptors (Lipinski definition) is 8. The van der Waals surface area contributed by atoms with Gasteiger partial charge in [0.15, 0.2) is 0 Å². The minimum absolute atomic E-state index is 0.0208. The lowest BCUT2D eigenvalue weighted by Gasteiger charge is -2.43. The molecule has 2 atom stereocenters. The third-order valence-electron chi connectivity index (χ3n) is 6.29. The van der Waals surface area contributed by atoms with E-state index in [1.165, 1.54) is 24.3 Å². The molecule has 9 nitrogen and oxygen atoms in total. The number of azo groups is 1. The molecule has 0 spiro atoms. The molecule has 0 aliphatic heterocycles. The first-order valence-corrected chi connectivity index (χ1v) is 12.3. The van der Waals surface area contributed by atoms with E-state index in [1.807, 2.05) is 12.1 Å². The number of nitro groups is 1. The van der Waals surface area contributed by atoms with Gasteiger partial charge in [-0.2, -0.15) is 5.11 Å². The van der Waals surface area contributed by atoms with E-state index in [0.29, 0.717) is 30.0 Å². The van der Waals surface area contributed by atoms with Crippen molar-refractivity contribution in [2.24, 2.45) is 15.6 Å². The third-order valence-corrected chi connectivity index (χ3v) is 7.08. The Hall–Kier alpha value is -2.85. The number of rotatable bonds is 8. The Bertz CT molecular complexity index is 1160. The predicted octanol–water partition coefficient (Wildman–Crippen LogP) is 5.96. The van der Waals surface area contributed by atoms with Gasteiger partial charge in [-0.25, -0.2) is 8.42 Å². The molecule has 0 fully saturated rings. The summed E-state index contributed by atoms with van der Waals surface area (Å²) in [5.41, 5.74) is 3.10. The number of fused-ring (bicyclic) bond motifs is 1. The lowest BCUT2D eigenvalue weighted by Crippen LogP contribution is -2.30. The Morgan fingerprint density at radius 2 is 1.82 bits per heavy atom. The molecule has 33 heavy (non-hydrogen) atoms. The van der Waals surface area contributed by atoms with Gasteiger partial charge in [0, 0.05) is 17.9 Å². The molecular formula is C23H28N3O6S-. The molecule has 0 N–H and O–H groups in total. The van der Waals surface area contributed by atoms with Gasteiger partial charge in [-0.3, -0.25) is 10.1 Å². The normalized spacial score (nSPS) is 19.9. The largest absolute Gasteiger partial charge is 0.748 e. The van der Waals surface area contributed by atoms with Crippen molar-refractivity contribution in [1.82, 2.24) is 0 Å². The summed E-state index contributed by atoms with van der Waals surface area (Å²) >= 11 is 0. The molecule has 178 valence electrons. The first kappa shape index (κ1) is 24.8. The second kappa shape index (κ2) is 9.56. The van der Waals surface area contributed by atoms with Crippen molar-refractivity contribution in [3.05, 3.63) is 57.6 Å². The number of nitro benzene ring substituents is 1. The second-order valence-corrected chi connectivity index (χ2v) is 10.7. The SMILES string of the molecule is COc1cc2c(cc1N=Nc1ccc([N+](=O)[O-])cc1)C(C)CC(C)(C)C2CCCS(=O)(=O)[O-]. The minimum atomic E-state index is -4.25. The average Bonchev–Trinajstić information content (AvgIpc) is 2.73. The highest BCUT2D eigenvalue weighted by molar-refractivity contribution is 7.85. The van der Waals surface area contributed by atoms with Gasteiger partial charge < -0.3 is 9.29 Å². The molecule has 0 radical (unpaired) electrons. The maximum atomic E-state index is 11.1. The summed E-state index contributed by atoms with van der Waals surface area (Å²) in [6.07, 6.45) is 1.79. The van der Waals surface area contributed by atoms with E-state index >= 15 is 0 Å². The van der Waals surface area contributed by atoms with Gasteiger partial charge in [0.1, 0.15) is 11.4 Å². The quantitative estimate of drug-likeness (QED) is 0.200. The van der Waals surface area contributed by atoms with Crippen LogP contribution in [0, 0.1) is 15.5 Å². The van der Waals surface area contributed by atoms with E-state index < -0.39 is 15.0 Å². The monoisotopic (exact) mass is 474 g/mol. The van der Waals surface area contributed by atoms with Gasteiger partial charge in [-0.1, -0.05) is 20.8 Å². The number of nitrogens with zero attached hydrogens (tertiary/aromatic N) is 3. The van der Waals surface area contributed by atoms with E-state index in [-0.39, 0.29) is 28.7 Å². The van der Waals surface area contributed by atoms with Crippen LogP contribution in [0.4, 0.5) is 17.1 Å². The summed E-state index contributed by atoms with van der Waals surface area (Å²) in [5, 5.41) is 19.4. The van der Waals surface area contributed by atoms with Crippen molar-refractivity contribution < 1.29 is 22.6 Å². The average molecular weight is 475 g/mol. The zero-order chi connectivity index (χ0) is 24.4. The van der Waals surface area contributed by atoms with Crippen molar-refractivity contribution in [2.75, 3.05) is 12.9 Å². The fraction of sp³-hybridized carbons (Fsp3) is 0.478. The zero-order valence-corrected chi connectivity index (χ0v) is 20.0. The molecule has 2 unspecified atom stereocenters. The third kappa shape index (κ3) is 5.94. The van der Waals surface area contributed by atoms with E-state index in [1.54, 1.807) is 7.11 Å². The summed E-state index contributed by atoms with van der Waals surface area (Å²) < 4.78 is 38.8. The predicted molar refractivity (Wildman–Crippen MR) is 124 cm³/mol. The maximum Gasteiger partial charge on any atom is 0.269 e. The van der Waals surface area contributed by atoms with Gasteiger partial charge >= 0.3 is 0 Å². The van der Waals surface area contributed by atoms with E-state index in [9.17, 15) is 23.1 Å². The van der Waals surface area contributed by atoms with Crippen LogP contribution < -0.4 is 4.74 Å². The number of hydrogen-bond donors (Lipinski definition) is 0. The summed E-state index contributed by atoms with van der Waals surface area (Å²) in [6.45, 7) is 6.47. The summed E-state index contributed by atoms with van der Waals surface area (Å²) in [5.74, 6) is 0.475. The maximum absolute atomic E-state index is 11.1. The molecule has 0 saturated heterocycles. The molecule has 0 heterocycles. The summed E-state index contributed by atoms with van der Waals surface area (Å²) in [6, 6.07) is 9.67. The number of non-ortho nitro benzene ring substituents is 1. The van der Waals surface area contributed by atoms with Crippen LogP contribution in [-0.2, 0) is 10.1 Å². The number of methoxy groups -OCH3 is 1. The van der Waals surface area contributed by atoms with Crippen LogP contribution in [0.15, 0.2) is 46.6 Å². The minimum Gasteiger partial charge on any atom is -0.748 e. The Labute approximate surface area is 193 Å². The number of benzene rings is 2. The summed E-state index contributed by atoms with van der Waals surface area (Å²) in [4.78, 5) is 10.3. The zero-order valence-electron chi connectivity index (χ0n) is 19.1. The van der Waals surface area contributed by atoms with Crippen LogP contribution in [0.25, 0.3) is 0 Å². The molecule has 0 aromatic heterocycles. The van der Waals surface area contributed by atoms with Crippen LogP contribution in [0.3, 0.4) is 0 Å². The highest BCUT2D eigenvalue weighted by atomic mass is 32.2. The van der Waals surface area contributed by atoms with Gasteiger partial charge in [0.05, 0.1) is 27.8 Å². The lowest BCUT2D eigenvalue weighted by atomic mass is 9.61. The smallest absolute Gasteiger partial charge is 0.269 e. The Balaban J connectivity index is 1.94. The summed E-state index contributed by atoms with van der Waals surface area (Å²) in [7, 11) is -2.71. The van der Waals surface area contributed by atoms with Crippen LogP contribution in [0.2, 0.25) is 0 Å². The molecule has 0 amide bonds. The van der Waals surface area contributed by atoms with Crippen molar-refractivity contribution in [3.63, 3.8) is 0 Å². The van der Waals surface area contributed by atoms with Crippen LogP contribution in [-0.4, -0.2) is 30.8 Å². The molecular weight excluding hydrogens is 446 g/mol. The van der Waals surface area contributed by atoms with Crippen molar-refractivity contribution >= 4 is 27.2 Å². The van der Waals surface area contributed by atoms with Crippen molar-refractivity contribution in [1.29, 1.82) is 0 Å². The van der Waals surface area contributed by atoms with Gasteiger partial charge in [0.25, 0.3) is 5.69 Å². The van der Waals surface area contributed by atoms with Crippen molar-refractivity contribution in [2.45, 2.75) is 51.9 Å². The lowest BCUT2D eigenvalue weighted by molar-refractivity contribution is -0.384. The Kier molecular flexibility index (Phi) is 7.18. The molecule has 1 aliphatic rings. The van der Waals surface area contributed by atoms with Crippen LogP contribution >= 0.6 is 0 Å². The van der Waals surface area contributed by atoms with Crippen LogP contribution in [0.5, 0.6) is 5.75 Å². The standard InChI is InChI=1S/C23H29N3O6S/c1-15-14-23(2,3)20(6-5-11-33(29,30)31)19-13-22(32-4)21(12-18(15)19)25-24-16-7-9-17(10-8-16)26(27)28/h7-10,12-13,15,20H,5-6,11,14H2,1-4H3,(H,29,30,31)/p-1. The molecule has 10 heteroatoms.